The number of aromatic amines is 1. The van der Waals surface area contributed by atoms with Crippen molar-refractivity contribution in [1.29, 1.82) is 0 Å². The highest BCUT2D eigenvalue weighted by atomic mass is 32.2. The number of nitrogens with zero attached hydrogens (tertiary/aromatic N) is 1. The van der Waals surface area contributed by atoms with E-state index in [1.54, 1.807) is 6.92 Å². The lowest BCUT2D eigenvalue weighted by Gasteiger charge is -2.12. The van der Waals surface area contributed by atoms with Crippen LogP contribution in [-0.2, 0) is 21.2 Å². The van der Waals surface area contributed by atoms with Gasteiger partial charge in [0.2, 0.25) is 15.9 Å². The molecule has 0 aliphatic carbocycles. The van der Waals surface area contributed by atoms with Crippen molar-refractivity contribution in [2.75, 3.05) is 5.32 Å². The smallest absolute Gasteiger partial charge is 0.260 e. The maximum absolute atomic E-state index is 12.8. The number of nitrogens with two attached hydrogens (primary N) is 1. The Morgan fingerprint density at radius 2 is 1.94 bits per heavy atom. The molecule has 2 atom stereocenters. The van der Waals surface area contributed by atoms with Crippen molar-refractivity contribution >= 4 is 54.9 Å². The van der Waals surface area contributed by atoms with Crippen molar-refractivity contribution in [3.8, 4) is 0 Å². The van der Waals surface area contributed by atoms with E-state index in [-0.39, 0.29) is 16.4 Å². The van der Waals surface area contributed by atoms with Crippen molar-refractivity contribution in [1.82, 2.24) is 9.97 Å². The number of hydrogen-bond acceptors (Lipinski definition) is 7. The monoisotopic (exact) mass is 494 g/mol. The molecule has 1 aromatic carbocycles. The molecular formula is C21H26N4O4S3. The number of rotatable bonds is 8. The second-order valence-corrected chi connectivity index (χ2v) is 11.8. The van der Waals surface area contributed by atoms with Crippen LogP contribution in [0, 0.1) is 12.8 Å². The van der Waals surface area contributed by atoms with E-state index < -0.39 is 15.3 Å². The summed E-state index contributed by atoms with van der Waals surface area (Å²) in [6.07, 6.45) is 1.87. The number of carbonyl (C=O) groups excluding carboxylic acids is 1. The summed E-state index contributed by atoms with van der Waals surface area (Å²) in [7, 11) is -3.79. The molecule has 4 N–H and O–H groups in total. The molecule has 0 radical (unpaired) electrons. The number of thiophene rings is 1. The van der Waals surface area contributed by atoms with Crippen LogP contribution in [0.4, 0.5) is 5.69 Å². The minimum atomic E-state index is -3.79. The van der Waals surface area contributed by atoms with E-state index in [2.05, 4.69) is 29.1 Å². The minimum Gasteiger partial charge on any atom is -0.325 e. The first-order valence-electron chi connectivity index (χ1n) is 10.1. The number of carbonyl (C=O) groups is 1. The van der Waals surface area contributed by atoms with Crippen LogP contribution >= 0.6 is 23.1 Å². The topological polar surface area (TPSA) is 135 Å². The van der Waals surface area contributed by atoms with Crippen LogP contribution in [0.15, 0.2) is 39.1 Å². The van der Waals surface area contributed by atoms with Gasteiger partial charge in [-0.05, 0) is 56.0 Å². The van der Waals surface area contributed by atoms with Gasteiger partial charge in [0.1, 0.15) is 4.83 Å². The molecule has 0 unspecified atom stereocenters. The number of benzene rings is 1. The van der Waals surface area contributed by atoms with Crippen LogP contribution in [0.5, 0.6) is 0 Å². The molecular weight excluding hydrogens is 468 g/mol. The van der Waals surface area contributed by atoms with E-state index in [1.807, 2.05) is 6.92 Å². The van der Waals surface area contributed by atoms with Crippen LogP contribution in [0.25, 0.3) is 10.2 Å². The van der Waals surface area contributed by atoms with Crippen LogP contribution in [-0.4, -0.2) is 29.5 Å². The van der Waals surface area contributed by atoms with Crippen molar-refractivity contribution in [2.45, 2.75) is 55.8 Å². The summed E-state index contributed by atoms with van der Waals surface area (Å²) >= 11 is 2.65. The zero-order valence-corrected chi connectivity index (χ0v) is 20.7. The largest absolute Gasteiger partial charge is 0.325 e. The predicted octanol–water partition coefficient (Wildman–Crippen LogP) is 3.65. The standard InChI is InChI=1S/C21H26N4O4S3/c1-5-11(2)10-16-12(3)30-20-17(16)19(27)24-21(25-20)31-13(4)18(26)23-14-6-8-15(9-7-14)32(22,28)29/h6-9,11,13H,5,10H2,1-4H3,(H,23,26)(H2,22,28,29)(H,24,25,27)/t11-,13+/m0/s1. The third kappa shape index (κ3) is 5.58. The average Bonchev–Trinajstić information content (AvgIpc) is 3.02. The summed E-state index contributed by atoms with van der Waals surface area (Å²) < 4.78 is 22.7. The third-order valence-electron chi connectivity index (χ3n) is 5.20. The quantitative estimate of drug-likeness (QED) is 0.323. The fourth-order valence-corrected chi connectivity index (χ4v) is 5.57. The number of primary sulfonamides is 1. The predicted molar refractivity (Wildman–Crippen MR) is 130 cm³/mol. The number of H-pyrrole nitrogens is 1. The Hall–Kier alpha value is -2.21. The highest BCUT2D eigenvalue weighted by Crippen LogP contribution is 2.31. The van der Waals surface area contributed by atoms with E-state index in [4.69, 9.17) is 5.14 Å². The van der Waals surface area contributed by atoms with Crippen LogP contribution in [0.2, 0.25) is 0 Å². The maximum Gasteiger partial charge on any atom is 0.260 e. The average molecular weight is 495 g/mol. The molecule has 11 heteroatoms. The molecule has 0 aliphatic heterocycles. The molecule has 32 heavy (non-hydrogen) atoms. The second kappa shape index (κ2) is 9.74. The second-order valence-electron chi connectivity index (χ2n) is 7.72. The molecule has 0 fully saturated rings. The van der Waals surface area contributed by atoms with Gasteiger partial charge in [-0.1, -0.05) is 32.0 Å². The first-order valence-corrected chi connectivity index (χ1v) is 13.4. The molecule has 0 saturated heterocycles. The van der Waals surface area contributed by atoms with Gasteiger partial charge >= 0.3 is 0 Å². The minimum absolute atomic E-state index is 0.0352. The van der Waals surface area contributed by atoms with Gasteiger partial charge in [-0.2, -0.15) is 0 Å². The number of anilines is 1. The summed E-state index contributed by atoms with van der Waals surface area (Å²) in [5.74, 6) is 0.170. The number of aryl methyl sites for hydroxylation is 1. The number of sulfonamides is 1. The lowest BCUT2D eigenvalue weighted by molar-refractivity contribution is -0.115. The van der Waals surface area contributed by atoms with Crippen LogP contribution in [0.1, 0.15) is 37.6 Å². The van der Waals surface area contributed by atoms with Crippen LogP contribution in [0.3, 0.4) is 0 Å². The van der Waals surface area contributed by atoms with E-state index in [9.17, 15) is 18.0 Å². The number of thioether (sulfide) groups is 1. The lowest BCUT2D eigenvalue weighted by atomic mass is 9.98. The zero-order valence-electron chi connectivity index (χ0n) is 18.3. The summed E-state index contributed by atoms with van der Waals surface area (Å²) in [6, 6.07) is 5.58. The highest BCUT2D eigenvalue weighted by molar-refractivity contribution is 8.00. The van der Waals surface area contributed by atoms with Gasteiger partial charge < -0.3 is 10.3 Å². The van der Waals surface area contributed by atoms with Crippen molar-refractivity contribution < 1.29 is 13.2 Å². The number of hydrogen-bond donors (Lipinski definition) is 3. The van der Waals surface area contributed by atoms with Gasteiger partial charge in [0, 0.05) is 10.6 Å². The fourth-order valence-electron chi connectivity index (χ4n) is 3.14. The lowest BCUT2D eigenvalue weighted by Crippen LogP contribution is -2.23. The Labute approximate surface area is 195 Å². The summed E-state index contributed by atoms with van der Waals surface area (Å²) in [4.78, 5) is 34.5. The van der Waals surface area contributed by atoms with E-state index in [0.29, 0.717) is 27.0 Å². The summed E-state index contributed by atoms with van der Waals surface area (Å²) in [6.45, 7) is 8.01. The first-order chi connectivity index (χ1) is 15.0. The van der Waals surface area contributed by atoms with Gasteiger partial charge in [-0.25, -0.2) is 18.5 Å². The van der Waals surface area contributed by atoms with Crippen LogP contribution < -0.4 is 16.0 Å². The molecule has 2 heterocycles. The highest BCUT2D eigenvalue weighted by Gasteiger charge is 2.20. The summed E-state index contributed by atoms with van der Waals surface area (Å²) in [5.41, 5.74) is 1.31. The van der Waals surface area contributed by atoms with Crippen molar-refractivity contribution in [3.63, 3.8) is 0 Å². The molecule has 0 saturated carbocycles. The Bertz CT molecular complexity index is 1300. The Kier molecular flexibility index (Phi) is 7.43. The normalized spacial score (nSPS) is 13.8. The van der Waals surface area contributed by atoms with Gasteiger partial charge in [-0.3, -0.25) is 9.59 Å². The molecule has 172 valence electrons. The maximum atomic E-state index is 12.8. The van der Waals surface area contributed by atoms with Gasteiger partial charge in [0.05, 0.1) is 15.5 Å². The molecule has 0 spiro atoms. The molecule has 3 rings (SSSR count). The Balaban J connectivity index is 1.75. The van der Waals surface area contributed by atoms with Gasteiger partial charge in [0.15, 0.2) is 5.16 Å². The van der Waals surface area contributed by atoms with E-state index in [0.717, 1.165) is 35.0 Å². The molecule has 2 aromatic heterocycles. The number of nitrogens with one attached hydrogen (secondary N) is 2. The number of fused-ring (bicyclic) bond motifs is 1. The van der Waals surface area contributed by atoms with Crippen molar-refractivity contribution in [2.24, 2.45) is 11.1 Å². The molecule has 1 amide bonds. The van der Waals surface area contributed by atoms with Crippen molar-refractivity contribution in [3.05, 3.63) is 45.1 Å². The van der Waals surface area contributed by atoms with E-state index in [1.165, 1.54) is 35.6 Å². The summed E-state index contributed by atoms with van der Waals surface area (Å²) in [5, 5.41) is 8.28. The zero-order chi connectivity index (χ0) is 23.6. The van der Waals surface area contributed by atoms with Gasteiger partial charge in [0.25, 0.3) is 5.56 Å². The number of amides is 1. The Morgan fingerprint density at radius 3 is 2.53 bits per heavy atom. The van der Waals surface area contributed by atoms with Gasteiger partial charge in [-0.15, -0.1) is 11.3 Å². The molecule has 8 nitrogen and oxygen atoms in total. The fraction of sp³-hybridized carbons (Fsp3) is 0.381. The SMILES string of the molecule is CC[C@H](C)Cc1c(C)sc2nc(S[C@H](C)C(=O)Nc3ccc(S(N)(=O)=O)cc3)[nH]c(=O)c12. The van der Waals surface area contributed by atoms with E-state index >= 15 is 0 Å². The Morgan fingerprint density at radius 1 is 1.28 bits per heavy atom. The molecule has 3 aromatic rings. The molecule has 0 bridgehead atoms. The molecule has 0 aliphatic rings. The first kappa shape index (κ1) is 24.4. The third-order valence-corrected chi connectivity index (χ3v) is 8.15. The number of aromatic nitrogens is 2.